The molecule has 1 aromatic carbocycles. The quantitative estimate of drug-likeness (QED) is 0.439. The Bertz CT molecular complexity index is 1110. The Hall–Kier alpha value is -2.49. The fraction of sp³-hybridized carbons (Fsp3) is 0.407. The highest BCUT2D eigenvalue weighted by Crippen LogP contribution is 2.62. The fourth-order valence-corrected chi connectivity index (χ4v) is 6.04. The van der Waals surface area contributed by atoms with Gasteiger partial charge in [0.15, 0.2) is 0 Å². The molecule has 0 amide bonds. The number of aryl methyl sites for hydroxylation is 1. The van der Waals surface area contributed by atoms with E-state index in [1.165, 1.54) is 6.08 Å². The van der Waals surface area contributed by atoms with Gasteiger partial charge in [-0.3, -0.25) is 0 Å². The first-order valence-corrected chi connectivity index (χ1v) is 11.4. The Morgan fingerprint density at radius 2 is 1.87 bits per heavy atom. The first-order valence-electron chi connectivity index (χ1n) is 11.4. The van der Waals surface area contributed by atoms with Gasteiger partial charge in [0.1, 0.15) is 5.83 Å². The lowest BCUT2D eigenvalue weighted by Crippen LogP contribution is -2.53. The second-order valence-corrected chi connectivity index (χ2v) is 9.04. The number of hydrogen-bond acceptors (Lipinski definition) is 1. The molecule has 31 heavy (non-hydrogen) atoms. The fourth-order valence-electron chi connectivity index (χ4n) is 6.04. The number of unbranched alkanes of at least 4 members (excludes halogenated alkanes) is 1. The molecular weight excluding hydrogens is 395 g/mol. The van der Waals surface area contributed by atoms with Crippen molar-refractivity contribution < 1.29 is 13.2 Å². The van der Waals surface area contributed by atoms with Gasteiger partial charge in [-0.15, -0.1) is 0 Å². The predicted molar refractivity (Wildman–Crippen MR) is 120 cm³/mol. The normalized spacial score (nSPS) is 24.1. The molecule has 5 rings (SSSR count). The molecular formula is C27H28F3N. The third-order valence-electron chi connectivity index (χ3n) is 7.75. The summed E-state index contributed by atoms with van der Waals surface area (Å²) in [6.45, 7) is 10.7. The number of allylic oxidation sites excluding steroid dienone is 5. The van der Waals surface area contributed by atoms with Gasteiger partial charge in [-0.25, -0.2) is 4.39 Å². The summed E-state index contributed by atoms with van der Waals surface area (Å²) in [5, 5.41) is 0. The van der Waals surface area contributed by atoms with Gasteiger partial charge in [-0.2, -0.15) is 8.78 Å². The van der Waals surface area contributed by atoms with Gasteiger partial charge in [-0.1, -0.05) is 45.9 Å². The van der Waals surface area contributed by atoms with Crippen molar-refractivity contribution in [1.82, 2.24) is 4.90 Å². The molecule has 0 saturated carbocycles. The van der Waals surface area contributed by atoms with E-state index < -0.39 is 23.2 Å². The van der Waals surface area contributed by atoms with Crippen molar-refractivity contribution in [1.29, 1.82) is 0 Å². The average Bonchev–Trinajstić information content (AvgIpc) is 2.76. The van der Waals surface area contributed by atoms with E-state index in [-0.39, 0.29) is 11.1 Å². The van der Waals surface area contributed by atoms with Crippen LogP contribution in [0.2, 0.25) is 0 Å². The Morgan fingerprint density at radius 1 is 1.13 bits per heavy atom. The van der Waals surface area contributed by atoms with E-state index >= 15 is 8.78 Å². The number of alkyl halides is 2. The van der Waals surface area contributed by atoms with Gasteiger partial charge in [0.05, 0.1) is 11.2 Å². The van der Waals surface area contributed by atoms with Crippen LogP contribution in [0, 0.1) is 5.92 Å². The molecule has 1 aromatic rings. The van der Waals surface area contributed by atoms with Crippen molar-refractivity contribution in [2.75, 3.05) is 0 Å². The second-order valence-electron chi connectivity index (χ2n) is 9.04. The molecule has 0 N–H and O–H groups in total. The van der Waals surface area contributed by atoms with Crippen molar-refractivity contribution in [2.24, 2.45) is 5.92 Å². The largest absolute Gasteiger partial charge is 0.337 e. The first kappa shape index (κ1) is 20.4. The molecule has 0 radical (unpaired) electrons. The van der Waals surface area contributed by atoms with E-state index in [0.717, 1.165) is 60.6 Å². The molecule has 2 aliphatic carbocycles. The van der Waals surface area contributed by atoms with E-state index in [4.69, 9.17) is 0 Å². The van der Waals surface area contributed by atoms with Crippen molar-refractivity contribution in [3.8, 4) is 0 Å². The van der Waals surface area contributed by atoms with Crippen molar-refractivity contribution in [3.05, 3.63) is 81.9 Å². The molecule has 4 aliphatic rings. The minimum atomic E-state index is -3.24. The molecule has 0 fully saturated rings. The standard InChI is InChI=1S/C27H28F3N/c1-5-8-9-17-10-11-21-23-19(17)12-13-31-25(23)24-20(16(4)26(31,6-2)7-3)14-18(28)15-22(24)27(21,29)30/h10-15,20H,4-9H2,1-3H3. The molecule has 1 unspecified atom stereocenters. The van der Waals surface area contributed by atoms with Gasteiger partial charge in [0.25, 0.3) is 5.92 Å². The lowest BCUT2D eigenvalue weighted by molar-refractivity contribution is 0.0351. The number of rotatable bonds is 5. The van der Waals surface area contributed by atoms with E-state index in [2.05, 4.69) is 32.3 Å². The Kier molecular flexibility index (Phi) is 4.45. The van der Waals surface area contributed by atoms with E-state index in [1.54, 1.807) is 6.07 Å². The van der Waals surface area contributed by atoms with E-state index in [1.807, 2.05) is 18.3 Å². The molecule has 162 valence electrons. The molecule has 2 aliphatic heterocycles. The van der Waals surface area contributed by atoms with Crippen LogP contribution < -0.4 is 0 Å². The molecule has 0 aromatic heterocycles. The molecule has 1 nitrogen and oxygen atoms in total. The van der Waals surface area contributed by atoms with Crippen LogP contribution in [-0.4, -0.2) is 10.4 Å². The number of halogens is 3. The van der Waals surface area contributed by atoms with Gasteiger partial charge >= 0.3 is 0 Å². The summed E-state index contributed by atoms with van der Waals surface area (Å²) < 4.78 is 46.3. The third-order valence-corrected chi connectivity index (χ3v) is 7.75. The molecule has 1 atom stereocenters. The van der Waals surface area contributed by atoms with E-state index in [0.29, 0.717) is 11.1 Å². The number of nitrogens with zero attached hydrogens (tertiary/aromatic N) is 1. The zero-order chi connectivity index (χ0) is 22.1. The van der Waals surface area contributed by atoms with Gasteiger partial charge in [0, 0.05) is 28.8 Å². The van der Waals surface area contributed by atoms with Crippen molar-refractivity contribution in [3.63, 3.8) is 0 Å². The molecule has 0 saturated heterocycles. The topological polar surface area (TPSA) is 3.24 Å². The summed E-state index contributed by atoms with van der Waals surface area (Å²) in [5.41, 5.74) is 4.13. The highest BCUT2D eigenvalue weighted by Gasteiger charge is 2.56. The van der Waals surface area contributed by atoms with Crippen LogP contribution in [0.25, 0.3) is 11.8 Å². The maximum absolute atomic E-state index is 15.8. The second kappa shape index (κ2) is 6.75. The van der Waals surface area contributed by atoms with E-state index in [9.17, 15) is 4.39 Å². The summed E-state index contributed by atoms with van der Waals surface area (Å²) in [4.78, 5) is 2.16. The highest BCUT2D eigenvalue weighted by molar-refractivity contribution is 5.91. The van der Waals surface area contributed by atoms with Crippen molar-refractivity contribution in [2.45, 2.75) is 64.3 Å². The van der Waals surface area contributed by atoms with Crippen molar-refractivity contribution >= 4 is 11.8 Å². The lowest BCUT2D eigenvalue weighted by Gasteiger charge is -2.56. The summed E-state index contributed by atoms with van der Waals surface area (Å²) in [5.74, 6) is -4.39. The lowest BCUT2D eigenvalue weighted by atomic mass is 9.62. The van der Waals surface area contributed by atoms with Crippen LogP contribution in [-0.2, 0) is 12.3 Å². The summed E-state index contributed by atoms with van der Waals surface area (Å²) in [6.07, 6.45) is 11.0. The van der Waals surface area contributed by atoms with Gasteiger partial charge in [-0.05, 0) is 66.2 Å². The SMILES string of the molecule is C=C1C2C=C(F)C=C3C2=C2c4c(ccc(CCCC)c4C=CN2C1(CC)CC)C3(F)F. The summed E-state index contributed by atoms with van der Waals surface area (Å²) in [6, 6.07) is 3.41. The molecule has 0 bridgehead atoms. The minimum Gasteiger partial charge on any atom is -0.337 e. The summed E-state index contributed by atoms with van der Waals surface area (Å²) >= 11 is 0. The average molecular weight is 424 g/mol. The Morgan fingerprint density at radius 3 is 2.55 bits per heavy atom. The van der Waals surface area contributed by atoms with Crippen LogP contribution in [0.4, 0.5) is 13.2 Å². The Labute approximate surface area is 182 Å². The third kappa shape index (κ3) is 2.45. The van der Waals surface area contributed by atoms with Crippen LogP contribution in [0.3, 0.4) is 0 Å². The number of hydrogen-bond donors (Lipinski definition) is 0. The van der Waals surface area contributed by atoms with Crippen LogP contribution in [0.15, 0.2) is 59.6 Å². The monoisotopic (exact) mass is 423 g/mol. The van der Waals surface area contributed by atoms with Crippen LogP contribution in [0.5, 0.6) is 0 Å². The minimum absolute atomic E-state index is 0.0100. The zero-order valence-corrected chi connectivity index (χ0v) is 18.4. The van der Waals surface area contributed by atoms with Gasteiger partial charge < -0.3 is 4.90 Å². The smallest absolute Gasteiger partial charge is 0.299 e. The molecule has 2 heterocycles. The molecule has 0 spiro atoms. The molecule has 4 heteroatoms. The summed E-state index contributed by atoms with van der Waals surface area (Å²) in [7, 11) is 0. The van der Waals surface area contributed by atoms with Crippen LogP contribution >= 0.6 is 0 Å². The Balaban J connectivity index is 1.89. The maximum Gasteiger partial charge on any atom is 0.299 e. The first-order chi connectivity index (χ1) is 14.8. The number of benzene rings is 1. The predicted octanol–water partition coefficient (Wildman–Crippen LogP) is 7.67. The maximum atomic E-state index is 15.8. The zero-order valence-electron chi connectivity index (χ0n) is 18.4. The van der Waals surface area contributed by atoms with Gasteiger partial charge in [0.2, 0.25) is 0 Å². The van der Waals surface area contributed by atoms with Crippen LogP contribution in [0.1, 0.15) is 68.7 Å². The highest BCUT2D eigenvalue weighted by atomic mass is 19.3.